The van der Waals surface area contributed by atoms with Crippen molar-refractivity contribution in [3.8, 4) is 0 Å². The van der Waals surface area contributed by atoms with E-state index < -0.39 is 0 Å². The molecule has 0 atom stereocenters. The van der Waals surface area contributed by atoms with Crippen molar-refractivity contribution in [2.24, 2.45) is 0 Å². The number of rotatable bonds is 2. The Morgan fingerprint density at radius 1 is 1.50 bits per heavy atom. The largest absolute Gasteiger partial charge is 0.397 e. The van der Waals surface area contributed by atoms with E-state index in [-0.39, 0.29) is 0 Å². The number of pyridine rings is 1. The van der Waals surface area contributed by atoms with Crippen LogP contribution in [0.3, 0.4) is 0 Å². The fraction of sp³-hybridized carbons (Fsp3) is 0.545. The SMILES string of the molecule is Cc1c(N)cnc(NC2CCOCC2)c1Br. The Morgan fingerprint density at radius 2 is 2.19 bits per heavy atom. The summed E-state index contributed by atoms with van der Waals surface area (Å²) < 4.78 is 6.28. The van der Waals surface area contributed by atoms with Crippen molar-refractivity contribution < 1.29 is 4.74 Å². The minimum Gasteiger partial charge on any atom is -0.397 e. The molecule has 1 aromatic rings. The minimum atomic E-state index is 0.445. The molecule has 88 valence electrons. The molecule has 0 amide bonds. The van der Waals surface area contributed by atoms with Crippen molar-refractivity contribution in [2.45, 2.75) is 25.8 Å². The van der Waals surface area contributed by atoms with Crippen molar-refractivity contribution in [1.29, 1.82) is 0 Å². The van der Waals surface area contributed by atoms with Gasteiger partial charge in [-0.3, -0.25) is 0 Å². The van der Waals surface area contributed by atoms with Gasteiger partial charge >= 0.3 is 0 Å². The molecule has 0 unspecified atom stereocenters. The van der Waals surface area contributed by atoms with Crippen molar-refractivity contribution in [1.82, 2.24) is 4.98 Å². The van der Waals surface area contributed by atoms with Gasteiger partial charge in [-0.05, 0) is 41.3 Å². The van der Waals surface area contributed by atoms with Gasteiger partial charge in [-0.2, -0.15) is 0 Å². The summed E-state index contributed by atoms with van der Waals surface area (Å²) in [6.07, 6.45) is 3.75. The van der Waals surface area contributed by atoms with Crippen LogP contribution in [-0.4, -0.2) is 24.2 Å². The van der Waals surface area contributed by atoms with Crippen LogP contribution in [-0.2, 0) is 4.74 Å². The lowest BCUT2D eigenvalue weighted by molar-refractivity contribution is 0.0904. The summed E-state index contributed by atoms with van der Waals surface area (Å²) in [5, 5.41) is 3.42. The van der Waals surface area contributed by atoms with Crippen molar-refractivity contribution >= 4 is 27.4 Å². The molecule has 2 rings (SSSR count). The highest BCUT2D eigenvalue weighted by Crippen LogP contribution is 2.28. The van der Waals surface area contributed by atoms with E-state index in [1.165, 1.54) is 0 Å². The Bertz CT molecular complexity index is 378. The number of nitrogen functional groups attached to an aromatic ring is 1. The van der Waals surface area contributed by atoms with Crippen molar-refractivity contribution in [2.75, 3.05) is 24.3 Å². The summed E-state index contributed by atoms with van der Waals surface area (Å²) >= 11 is 3.52. The zero-order valence-electron chi connectivity index (χ0n) is 9.29. The Balaban J connectivity index is 2.11. The van der Waals surface area contributed by atoms with Gasteiger partial charge in [0.2, 0.25) is 0 Å². The molecule has 0 radical (unpaired) electrons. The molecule has 1 aliphatic heterocycles. The van der Waals surface area contributed by atoms with Gasteiger partial charge in [0.15, 0.2) is 0 Å². The third-order valence-electron chi connectivity index (χ3n) is 2.87. The lowest BCUT2D eigenvalue weighted by atomic mass is 10.1. The molecule has 0 saturated carbocycles. The minimum absolute atomic E-state index is 0.445. The van der Waals surface area contributed by atoms with Crippen molar-refractivity contribution in [3.05, 3.63) is 16.2 Å². The highest BCUT2D eigenvalue weighted by atomic mass is 79.9. The first kappa shape index (κ1) is 11.7. The van der Waals surface area contributed by atoms with Crippen LogP contribution in [0.25, 0.3) is 0 Å². The average molecular weight is 286 g/mol. The number of halogens is 1. The van der Waals surface area contributed by atoms with Crippen LogP contribution in [0.2, 0.25) is 0 Å². The van der Waals surface area contributed by atoms with E-state index in [0.29, 0.717) is 11.7 Å². The van der Waals surface area contributed by atoms with Gasteiger partial charge in [0.05, 0.1) is 16.4 Å². The van der Waals surface area contributed by atoms with Crippen LogP contribution in [0.5, 0.6) is 0 Å². The Hall–Kier alpha value is -0.810. The number of aromatic nitrogens is 1. The van der Waals surface area contributed by atoms with Gasteiger partial charge in [-0.15, -0.1) is 0 Å². The van der Waals surface area contributed by atoms with Crippen LogP contribution in [0, 0.1) is 6.92 Å². The third-order valence-corrected chi connectivity index (χ3v) is 3.84. The number of hydrogen-bond donors (Lipinski definition) is 2. The van der Waals surface area contributed by atoms with Gasteiger partial charge in [-0.25, -0.2) is 4.98 Å². The second-order valence-corrected chi connectivity index (χ2v) is 4.83. The number of ether oxygens (including phenoxy) is 1. The van der Waals surface area contributed by atoms with Gasteiger partial charge in [0.25, 0.3) is 0 Å². The Kier molecular flexibility index (Phi) is 3.66. The van der Waals surface area contributed by atoms with E-state index in [4.69, 9.17) is 10.5 Å². The predicted molar refractivity (Wildman–Crippen MR) is 68.6 cm³/mol. The fourth-order valence-corrected chi connectivity index (χ4v) is 2.17. The molecule has 1 saturated heterocycles. The summed E-state index contributed by atoms with van der Waals surface area (Å²) in [4.78, 5) is 4.31. The monoisotopic (exact) mass is 285 g/mol. The van der Waals surface area contributed by atoms with E-state index >= 15 is 0 Å². The lowest BCUT2D eigenvalue weighted by Crippen LogP contribution is -2.28. The van der Waals surface area contributed by atoms with Crippen LogP contribution >= 0.6 is 15.9 Å². The molecule has 16 heavy (non-hydrogen) atoms. The first-order valence-electron chi connectivity index (χ1n) is 5.43. The highest BCUT2D eigenvalue weighted by molar-refractivity contribution is 9.10. The van der Waals surface area contributed by atoms with Gasteiger partial charge in [0, 0.05) is 19.3 Å². The van der Waals surface area contributed by atoms with Gasteiger partial charge < -0.3 is 15.8 Å². The maximum atomic E-state index is 5.78. The predicted octanol–water partition coefficient (Wildman–Crippen LogP) is 2.33. The zero-order chi connectivity index (χ0) is 11.5. The molecule has 0 aliphatic carbocycles. The van der Waals surface area contributed by atoms with E-state index in [2.05, 4.69) is 26.2 Å². The summed E-state index contributed by atoms with van der Waals surface area (Å²) in [6.45, 7) is 3.63. The van der Waals surface area contributed by atoms with Gasteiger partial charge in [0.1, 0.15) is 5.82 Å². The molecule has 3 N–H and O–H groups in total. The first-order valence-corrected chi connectivity index (χ1v) is 6.22. The van der Waals surface area contributed by atoms with Crippen molar-refractivity contribution in [3.63, 3.8) is 0 Å². The Labute approximate surface area is 104 Å². The second kappa shape index (κ2) is 5.01. The van der Waals surface area contributed by atoms with Gasteiger partial charge in [-0.1, -0.05) is 0 Å². The molecular weight excluding hydrogens is 270 g/mol. The number of nitrogens with zero attached hydrogens (tertiary/aromatic N) is 1. The molecule has 1 fully saturated rings. The second-order valence-electron chi connectivity index (χ2n) is 4.03. The molecule has 4 nitrogen and oxygen atoms in total. The smallest absolute Gasteiger partial charge is 0.140 e. The third kappa shape index (κ3) is 2.47. The lowest BCUT2D eigenvalue weighted by Gasteiger charge is -2.24. The molecule has 2 heterocycles. The average Bonchev–Trinajstić information content (AvgIpc) is 2.31. The summed E-state index contributed by atoms with van der Waals surface area (Å²) in [7, 11) is 0. The van der Waals surface area contributed by atoms with E-state index in [1.54, 1.807) is 6.20 Å². The van der Waals surface area contributed by atoms with Crippen LogP contribution < -0.4 is 11.1 Å². The van der Waals surface area contributed by atoms with Crippen LogP contribution in [0.1, 0.15) is 18.4 Å². The van der Waals surface area contributed by atoms with Crippen LogP contribution in [0.4, 0.5) is 11.5 Å². The molecular formula is C11H16BrN3O. The fourth-order valence-electron chi connectivity index (χ4n) is 1.73. The quantitative estimate of drug-likeness (QED) is 0.876. The molecule has 5 heteroatoms. The highest BCUT2D eigenvalue weighted by Gasteiger charge is 2.16. The maximum absolute atomic E-state index is 5.78. The molecule has 0 aromatic carbocycles. The number of hydrogen-bond acceptors (Lipinski definition) is 4. The summed E-state index contributed by atoms with van der Waals surface area (Å²) in [6, 6.07) is 0.445. The number of nitrogens with two attached hydrogens (primary N) is 1. The van der Waals surface area contributed by atoms with Crippen LogP contribution in [0.15, 0.2) is 10.7 Å². The molecule has 1 aromatic heterocycles. The summed E-state index contributed by atoms with van der Waals surface area (Å²) in [5.41, 5.74) is 7.53. The summed E-state index contributed by atoms with van der Waals surface area (Å²) in [5.74, 6) is 0.874. The topological polar surface area (TPSA) is 60.2 Å². The molecule has 0 spiro atoms. The number of nitrogens with one attached hydrogen (secondary N) is 1. The molecule has 1 aliphatic rings. The first-order chi connectivity index (χ1) is 7.68. The van der Waals surface area contributed by atoms with E-state index in [1.807, 2.05) is 6.92 Å². The zero-order valence-corrected chi connectivity index (χ0v) is 10.9. The number of anilines is 2. The normalized spacial score (nSPS) is 17.4. The molecule has 0 bridgehead atoms. The Morgan fingerprint density at radius 3 is 2.88 bits per heavy atom. The van der Waals surface area contributed by atoms with E-state index in [0.717, 1.165) is 41.9 Å². The standard InChI is InChI=1S/C11H16BrN3O/c1-7-9(13)6-14-11(10(7)12)15-8-2-4-16-5-3-8/h6,8H,2-5,13H2,1H3,(H,14,15). The maximum Gasteiger partial charge on any atom is 0.140 e. The van der Waals surface area contributed by atoms with E-state index in [9.17, 15) is 0 Å².